The minimum absolute atomic E-state index is 0.0188. The first-order valence-electron chi connectivity index (χ1n) is 10.4. The van der Waals surface area contributed by atoms with Gasteiger partial charge in [0, 0.05) is 13.0 Å². The van der Waals surface area contributed by atoms with E-state index in [1.54, 1.807) is 24.3 Å². The summed E-state index contributed by atoms with van der Waals surface area (Å²) in [5, 5.41) is 16.8. The predicted octanol–water partition coefficient (Wildman–Crippen LogP) is 4.77. The number of unbranched alkanes of at least 4 members (excludes halogenated alkanes) is 1. The van der Waals surface area contributed by atoms with Gasteiger partial charge in [0.15, 0.2) is 5.78 Å². The molecule has 2 N–H and O–H groups in total. The Labute approximate surface area is 177 Å². The van der Waals surface area contributed by atoms with E-state index in [1.807, 2.05) is 0 Å². The Balaban J connectivity index is 0.00000155. The van der Waals surface area contributed by atoms with Gasteiger partial charge in [0.1, 0.15) is 17.2 Å². The summed E-state index contributed by atoms with van der Waals surface area (Å²) in [5.41, 5.74) is 0.634. The Kier molecular flexibility index (Phi) is 9.35. The topological polar surface area (TPSA) is 93.1 Å². The third-order valence-electron chi connectivity index (χ3n) is 5.01. The van der Waals surface area contributed by atoms with Gasteiger partial charge < -0.3 is 19.7 Å². The second-order valence-corrected chi connectivity index (χ2v) is 7.14. The van der Waals surface area contributed by atoms with E-state index in [2.05, 4.69) is 6.92 Å². The summed E-state index contributed by atoms with van der Waals surface area (Å²) < 4.78 is 11.1. The second-order valence-electron chi connectivity index (χ2n) is 7.14. The molecule has 2 aromatic carbocycles. The quantitative estimate of drug-likeness (QED) is 0.280. The van der Waals surface area contributed by atoms with Crippen molar-refractivity contribution in [1.29, 1.82) is 0 Å². The molecule has 0 aromatic heterocycles. The lowest BCUT2D eigenvalue weighted by molar-refractivity contribution is 0.0731. The average molecular weight is 414 g/mol. The van der Waals surface area contributed by atoms with E-state index in [-0.39, 0.29) is 28.8 Å². The molecule has 2 aromatic rings. The third kappa shape index (κ3) is 6.32. The van der Waals surface area contributed by atoms with Crippen molar-refractivity contribution in [2.45, 2.75) is 45.4 Å². The molecule has 0 radical (unpaired) electrons. The lowest BCUT2D eigenvalue weighted by atomic mass is 9.95. The number of hydrogen-bond donors (Lipinski definition) is 2. The number of aliphatic hydroxyl groups excluding tert-OH is 1. The fourth-order valence-electron chi connectivity index (χ4n) is 3.39. The maximum absolute atomic E-state index is 12.8. The lowest BCUT2D eigenvalue weighted by Gasteiger charge is -2.13. The molecule has 6 heteroatoms. The highest BCUT2D eigenvalue weighted by Gasteiger charge is 2.27. The zero-order valence-electron chi connectivity index (χ0n) is 17.6. The Morgan fingerprint density at radius 2 is 1.70 bits per heavy atom. The molecule has 0 amide bonds. The monoisotopic (exact) mass is 414 g/mol. The van der Waals surface area contributed by atoms with Gasteiger partial charge in [0.05, 0.1) is 17.7 Å². The maximum Gasteiger partial charge on any atom is 0.343 e. The van der Waals surface area contributed by atoms with Gasteiger partial charge in [0.2, 0.25) is 0 Å². The van der Waals surface area contributed by atoms with Crippen LogP contribution in [0.2, 0.25) is 0 Å². The van der Waals surface area contributed by atoms with E-state index in [9.17, 15) is 14.7 Å². The maximum atomic E-state index is 12.8. The fraction of sp³-hybridized carbons (Fsp3) is 0.417. The summed E-state index contributed by atoms with van der Waals surface area (Å²) in [6, 6.07) is 11.0. The number of ketones is 1. The third-order valence-corrected chi connectivity index (χ3v) is 5.01. The number of aromatic hydroxyl groups is 1. The van der Waals surface area contributed by atoms with Gasteiger partial charge in [-0.25, -0.2) is 4.79 Å². The molecule has 30 heavy (non-hydrogen) atoms. The van der Waals surface area contributed by atoms with Crippen molar-refractivity contribution in [3.05, 3.63) is 53.6 Å². The SMILES string of the molecule is CCCCOc1ccc(C(=O)Oc2ccc(O)cc2C(=O)C2CCCC2)cc1.CO. The molecular weight excluding hydrogens is 384 g/mol. The molecular formula is C24H30O6. The first kappa shape index (κ1) is 23.4. The number of rotatable bonds is 8. The van der Waals surface area contributed by atoms with Crippen LogP contribution in [0.15, 0.2) is 42.5 Å². The zero-order chi connectivity index (χ0) is 21.9. The smallest absolute Gasteiger partial charge is 0.343 e. The average Bonchev–Trinajstić information content (AvgIpc) is 3.31. The van der Waals surface area contributed by atoms with Crippen molar-refractivity contribution < 1.29 is 29.3 Å². The molecule has 0 saturated heterocycles. The van der Waals surface area contributed by atoms with Gasteiger partial charge in [-0.05, 0) is 61.7 Å². The van der Waals surface area contributed by atoms with Gasteiger partial charge in [-0.1, -0.05) is 26.2 Å². The Morgan fingerprint density at radius 3 is 2.33 bits per heavy atom. The summed E-state index contributed by atoms with van der Waals surface area (Å²) >= 11 is 0. The molecule has 1 aliphatic rings. The van der Waals surface area contributed by atoms with Gasteiger partial charge in [-0.2, -0.15) is 0 Å². The highest BCUT2D eigenvalue weighted by atomic mass is 16.5. The molecule has 6 nitrogen and oxygen atoms in total. The summed E-state index contributed by atoms with van der Waals surface area (Å²) in [5.74, 6) is 0.172. The highest BCUT2D eigenvalue weighted by Crippen LogP contribution is 2.33. The van der Waals surface area contributed by atoms with E-state index in [0.29, 0.717) is 17.9 Å². The first-order chi connectivity index (χ1) is 14.6. The number of carbonyl (C=O) groups excluding carboxylic acids is 2. The van der Waals surface area contributed by atoms with Crippen LogP contribution in [-0.2, 0) is 0 Å². The van der Waals surface area contributed by atoms with E-state index < -0.39 is 5.97 Å². The Morgan fingerprint density at radius 1 is 1.03 bits per heavy atom. The van der Waals surface area contributed by atoms with Crippen LogP contribution >= 0.6 is 0 Å². The zero-order valence-corrected chi connectivity index (χ0v) is 17.6. The van der Waals surface area contributed by atoms with E-state index in [0.717, 1.165) is 45.6 Å². The Bertz CT molecular complexity index is 822. The predicted molar refractivity (Wildman–Crippen MR) is 114 cm³/mol. The number of hydrogen-bond acceptors (Lipinski definition) is 6. The van der Waals surface area contributed by atoms with Crippen molar-refractivity contribution in [2.24, 2.45) is 5.92 Å². The van der Waals surface area contributed by atoms with Crippen molar-refractivity contribution in [3.8, 4) is 17.2 Å². The molecule has 0 bridgehead atoms. The van der Waals surface area contributed by atoms with Crippen LogP contribution in [0.5, 0.6) is 17.2 Å². The van der Waals surface area contributed by atoms with Gasteiger partial charge in [-0.15, -0.1) is 0 Å². The van der Waals surface area contributed by atoms with Gasteiger partial charge in [0.25, 0.3) is 0 Å². The van der Waals surface area contributed by atoms with Crippen LogP contribution in [0.25, 0.3) is 0 Å². The van der Waals surface area contributed by atoms with Crippen LogP contribution < -0.4 is 9.47 Å². The van der Waals surface area contributed by atoms with Crippen LogP contribution in [0.3, 0.4) is 0 Å². The van der Waals surface area contributed by atoms with Crippen molar-refractivity contribution in [2.75, 3.05) is 13.7 Å². The number of phenolic OH excluding ortho intramolecular Hbond substituents is 1. The second kappa shape index (κ2) is 12.0. The number of aliphatic hydroxyl groups is 1. The fourth-order valence-corrected chi connectivity index (χ4v) is 3.39. The van der Waals surface area contributed by atoms with Crippen LogP contribution in [0.4, 0.5) is 0 Å². The number of phenols is 1. The number of Topliss-reactive ketones (excluding diaryl/α,β-unsaturated/α-hetero) is 1. The normalized spacial score (nSPS) is 13.3. The number of carbonyl (C=O) groups is 2. The van der Waals surface area contributed by atoms with Gasteiger partial charge >= 0.3 is 5.97 Å². The summed E-state index contributed by atoms with van der Waals surface area (Å²) in [4.78, 5) is 25.3. The van der Waals surface area contributed by atoms with Crippen LogP contribution in [0, 0.1) is 5.92 Å². The number of ether oxygens (including phenoxy) is 2. The molecule has 0 aliphatic heterocycles. The molecule has 162 valence electrons. The standard InChI is InChI=1S/C23H26O5.CH4O/c1-2-3-14-27-19-11-8-17(9-12-19)23(26)28-21-13-10-18(24)15-20(21)22(25)16-6-4-5-7-16;1-2/h8-13,15-16,24H,2-7,14H2,1H3;2H,1H3. The molecule has 1 aliphatic carbocycles. The van der Waals surface area contributed by atoms with Crippen molar-refractivity contribution in [1.82, 2.24) is 0 Å². The largest absolute Gasteiger partial charge is 0.508 e. The molecule has 0 unspecified atom stereocenters. The van der Waals surface area contributed by atoms with E-state index >= 15 is 0 Å². The van der Waals surface area contributed by atoms with Gasteiger partial charge in [-0.3, -0.25) is 4.79 Å². The molecule has 1 saturated carbocycles. The van der Waals surface area contributed by atoms with E-state index in [1.165, 1.54) is 18.2 Å². The molecule has 3 rings (SSSR count). The van der Waals surface area contributed by atoms with Crippen molar-refractivity contribution >= 4 is 11.8 Å². The van der Waals surface area contributed by atoms with Crippen LogP contribution in [-0.4, -0.2) is 35.7 Å². The highest BCUT2D eigenvalue weighted by molar-refractivity contribution is 6.02. The minimum atomic E-state index is -0.550. The summed E-state index contributed by atoms with van der Waals surface area (Å²) in [6.07, 6.45) is 5.75. The Hall–Kier alpha value is -2.86. The van der Waals surface area contributed by atoms with Crippen LogP contribution in [0.1, 0.15) is 66.2 Å². The number of benzene rings is 2. The van der Waals surface area contributed by atoms with E-state index in [4.69, 9.17) is 14.6 Å². The van der Waals surface area contributed by atoms with Crippen molar-refractivity contribution in [3.63, 3.8) is 0 Å². The molecule has 0 spiro atoms. The molecule has 0 atom stereocenters. The molecule has 1 fully saturated rings. The molecule has 0 heterocycles. The lowest BCUT2D eigenvalue weighted by Crippen LogP contribution is -2.15. The summed E-state index contributed by atoms with van der Waals surface area (Å²) in [6.45, 7) is 2.73. The number of esters is 1. The minimum Gasteiger partial charge on any atom is -0.508 e. The summed E-state index contributed by atoms with van der Waals surface area (Å²) in [7, 11) is 1.00. The first-order valence-corrected chi connectivity index (χ1v) is 10.4.